The summed E-state index contributed by atoms with van der Waals surface area (Å²) in [5, 5.41) is 0. The number of hydrogen-bond donors (Lipinski definition) is 3. The van der Waals surface area contributed by atoms with E-state index in [1.165, 1.54) is 0 Å². The van der Waals surface area contributed by atoms with Crippen LogP contribution in [0.2, 0.25) is 0 Å². The number of hydrogen-bond acceptors (Lipinski definition) is 1. The van der Waals surface area contributed by atoms with E-state index in [0.29, 0.717) is 0 Å². The van der Waals surface area contributed by atoms with E-state index in [2.05, 4.69) is 0 Å². The molecule has 42 valence electrons. The third kappa shape index (κ3) is 115. The minimum atomic E-state index is -4.64. The van der Waals surface area contributed by atoms with Gasteiger partial charge in [0.2, 0.25) is 0 Å². The van der Waals surface area contributed by atoms with Crippen LogP contribution in [0.3, 0.4) is 0 Å². The molecule has 0 rings (SSSR count). The van der Waals surface area contributed by atoms with Crippen LogP contribution in [0.5, 0.6) is 0 Å². The van der Waals surface area contributed by atoms with Crippen LogP contribution in [0.1, 0.15) is 0 Å². The molecule has 0 amide bonds. The molecule has 7 heteroatoms. The van der Waals surface area contributed by atoms with Crippen LogP contribution >= 0.6 is 7.82 Å². The van der Waals surface area contributed by atoms with Crippen LogP contribution in [0.15, 0.2) is 0 Å². The molecule has 0 spiro atoms. The molecule has 0 saturated heterocycles. The summed E-state index contributed by atoms with van der Waals surface area (Å²) in [7, 11) is -4.64. The Bertz CT molecular complexity index is 57.8. The summed E-state index contributed by atoms with van der Waals surface area (Å²) >= 11 is 0. The van der Waals surface area contributed by atoms with E-state index in [4.69, 9.17) is 19.2 Å². The Labute approximate surface area is 66.2 Å². The molecule has 0 aliphatic rings. The Balaban J connectivity index is -0.0000000800. The molecule has 0 bridgehead atoms. The van der Waals surface area contributed by atoms with Crippen LogP contribution in [0, 0.1) is 0 Å². The minimum Gasteiger partial charge on any atom is -0.303 e. The van der Waals surface area contributed by atoms with E-state index in [1.54, 1.807) is 0 Å². The third-order valence-corrected chi connectivity index (χ3v) is 0. The fraction of sp³-hybridized carbons (Fsp3) is 0. The molecule has 3 N–H and O–H groups in total. The fourth-order valence-corrected chi connectivity index (χ4v) is 0. The molecule has 0 aromatic rings. The van der Waals surface area contributed by atoms with Gasteiger partial charge >= 0.3 is 7.82 Å². The van der Waals surface area contributed by atoms with E-state index < -0.39 is 7.82 Å². The van der Waals surface area contributed by atoms with Crippen molar-refractivity contribution in [3.63, 3.8) is 0 Å². The van der Waals surface area contributed by atoms with Gasteiger partial charge in [0.25, 0.3) is 0 Å². The summed E-state index contributed by atoms with van der Waals surface area (Å²) in [6.07, 6.45) is 0. The van der Waals surface area contributed by atoms with Gasteiger partial charge in [0, 0.05) is 21.7 Å². The fourth-order valence-electron chi connectivity index (χ4n) is 0. The molecule has 4 nitrogen and oxygen atoms in total. The SMILES string of the molecule is O=P(O)(O)O.[AlH3].[Ti]. The van der Waals surface area contributed by atoms with Gasteiger partial charge in [-0.05, 0) is 0 Å². The van der Waals surface area contributed by atoms with Gasteiger partial charge < -0.3 is 14.7 Å². The Morgan fingerprint density at radius 1 is 1.14 bits per heavy atom. The summed E-state index contributed by atoms with van der Waals surface area (Å²) in [6.45, 7) is 0. The first kappa shape index (κ1) is 15.8. The molecule has 0 fully saturated rings. The third-order valence-electron chi connectivity index (χ3n) is 0. The van der Waals surface area contributed by atoms with Gasteiger partial charge in [0.1, 0.15) is 0 Å². The van der Waals surface area contributed by atoms with Crippen molar-refractivity contribution in [2.24, 2.45) is 0 Å². The van der Waals surface area contributed by atoms with Gasteiger partial charge in [-0.2, -0.15) is 0 Å². The smallest absolute Gasteiger partial charge is 0.303 e. The van der Waals surface area contributed by atoms with Crippen molar-refractivity contribution in [2.45, 2.75) is 0 Å². The molecule has 0 atom stereocenters. The van der Waals surface area contributed by atoms with Gasteiger partial charge in [-0.15, -0.1) is 0 Å². The average Bonchev–Trinajstić information content (AvgIpc) is 0.722. The van der Waals surface area contributed by atoms with Crippen LogP contribution < -0.4 is 0 Å². The van der Waals surface area contributed by atoms with Gasteiger partial charge in [0.05, 0.1) is 0 Å². The second kappa shape index (κ2) is 5.49. The van der Waals surface area contributed by atoms with E-state index in [-0.39, 0.29) is 39.1 Å². The van der Waals surface area contributed by atoms with Crippen LogP contribution in [0.4, 0.5) is 0 Å². The molecular weight excluding hydrogens is 170 g/mol. The van der Waals surface area contributed by atoms with Crippen molar-refractivity contribution < 1.29 is 41.0 Å². The van der Waals surface area contributed by atoms with Crippen LogP contribution in [-0.2, 0) is 26.3 Å². The molecule has 0 unspecified atom stereocenters. The molecular formula is H6AlO4PTi. The van der Waals surface area contributed by atoms with E-state index in [1.807, 2.05) is 0 Å². The van der Waals surface area contributed by atoms with Crippen LogP contribution in [-0.4, -0.2) is 32.0 Å². The molecule has 0 aliphatic carbocycles. The van der Waals surface area contributed by atoms with Gasteiger partial charge in [-0.25, -0.2) is 4.57 Å². The molecule has 0 heterocycles. The first-order valence-electron chi connectivity index (χ1n) is 0.783. The van der Waals surface area contributed by atoms with Crippen LogP contribution in [0.25, 0.3) is 0 Å². The predicted molar refractivity (Wildman–Crippen MR) is 24.2 cm³/mol. The maximum Gasteiger partial charge on any atom is 0.466 e. The standard InChI is InChI=1S/Al.H3O4P.Ti.3H/c;1-5(2,3)4;;;;/h;(H3,1,2,3,4);;;;. The molecule has 0 radical (unpaired) electrons. The zero-order chi connectivity index (χ0) is 4.50. The topological polar surface area (TPSA) is 77.8 Å². The van der Waals surface area contributed by atoms with Crippen molar-refractivity contribution >= 4 is 25.2 Å². The first-order chi connectivity index (χ1) is 2.00. The van der Waals surface area contributed by atoms with Crippen molar-refractivity contribution in [3.8, 4) is 0 Å². The molecule has 0 aromatic heterocycles. The zero-order valence-corrected chi connectivity index (χ0v) is 5.15. The van der Waals surface area contributed by atoms with E-state index >= 15 is 0 Å². The zero-order valence-electron chi connectivity index (χ0n) is 2.70. The second-order valence-corrected chi connectivity index (χ2v) is 1.54. The summed E-state index contributed by atoms with van der Waals surface area (Å²) in [5.74, 6) is 0. The second-order valence-electron chi connectivity index (χ2n) is 0.513. The molecule has 0 saturated carbocycles. The quantitative estimate of drug-likeness (QED) is 0.291. The molecule has 7 heavy (non-hydrogen) atoms. The van der Waals surface area contributed by atoms with Crippen molar-refractivity contribution in [2.75, 3.05) is 0 Å². The number of phosphoric acid groups is 1. The van der Waals surface area contributed by atoms with Crippen molar-refractivity contribution in [1.82, 2.24) is 0 Å². The van der Waals surface area contributed by atoms with E-state index in [9.17, 15) is 0 Å². The average molecular weight is 176 g/mol. The normalized spacial score (nSPS) is 8.43. The predicted octanol–water partition coefficient (Wildman–Crippen LogP) is -2.12. The van der Waals surface area contributed by atoms with Gasteiger partial charge in [-0.3, -0.25) is 0 Å². The summed E-state index contributed by atoms with van der Waals surface area (Å²) in [6, 6.07) is 0. The maximum atomic E-state index is 8.88. The summed E-state index contributed by atoms with van der Waals surface area (Å²) < 4.78 is 8.88. The van der Waals surface area contributed by atoms with E-state index in [0.717, 1.165) is 0 Å². The minimum absolute atomic E-state index is 0. The first-order valence-corrected chi connectivity index (χ1v) is 2.35. The Kier molecular flexibility index (Phi) is 12.4. The Morgan fingerprint density at radius 3 is 1.14 bits per heavy atom. The number of rotatable bonds is 0. The summed E-state index contributed by atoms with van der Waals surface area (Å²) in [4.78, 5) is 21.6. The van der Waals surface area contributed by atoms with Crippen molar-refractivity contribution in [1.29, 1.82) is 0 Å². The maximum absolute atomic E-state index is 8.88. The summed E-state index contributed by atoms with van der Waals surface area (Å²) in [5.41, 5.74) is 0. The molecule has 0 aromatic carbocycles. The van der Waals surface area contributed by atoms with Gasteiger partial charge in [-0.1, -0.05) is 0 Å². The Hall–Kier alpha value is 1.36. The Morgan fingerprint density at radius 2 is 1.14 bits per heavy atom. The van der Waals surface area contributed by atoms with Gasteiger partial charge in [0.15, 0.2) is 17.4 Å². The molecule has 0 aliphatic heterocycles. The monoisotopic (exact) mass is 176 g/mol. The van der Waals surface area contributed by atoms with Crippen molar-refractivity contribution in [3.05, 3.63) is 0 Å². The largest absolute Gasteiger partial charge is 0.466 e.